The third kappa shape index (κ3) is 1.04. The van der Waals surface area contributed by atoms with Gasteiger partial charge >= 0.3 is 0 Å². The molecule has 0 aliphatic carbocycles. The second-order valence-electron chi connectivity index (χ2n) is 3.02. The van der Waals surface area contributed by atoms with Gasteiger partial charge < -0.3 is 4.74 Å². The number of carbonyl (C=O) groups excluding carboxylic acids is 1. The monoisotopic (exact) mass is 162 g/mol. The lowest BCUT2D eigenvalue weighted by molar-refractivity contribution is 0.0664. The number of fused-ring (bicyclic) bond motifs is 1. The second kappa shape index (κ2) is 2.72. The molecule has 0 unspecified atom stereocenters. The Morgan fingerprint density at radius 3 is 2.92 bits per heavy atom. The number of hydrogen-bond acceptors (Lipinski definition) is 2. The normalized spacial score (nSPS) is 15.9. The van der Waals surface area contributed by atoms with Crippen LogP contribution in [0.3, 0.4) is 0 Å². The Bertz CT molecular complexity index is 329. The number of ketones is 1. The summed E-state index contributed by atoms with van der Waals surface area (Å²) >= 11 is 0. The summed E-state index contributed by atoms with van der Waals surface area (Å²) in [4.78, 5) is 11.3. The van der Waals surface area contributed by atoms with E-state index in [1.807, 2.05) is 25.1 Å². The standard InChI is InChI=1S/C10H10O2/c1-7-3-2-4-8-9(7)5-12-6-10(8)11/h2-4H,5-6H2,1H3. The van der Waals surface area contributed by atoms with Crippen LogP contribution in [0.2, 0.25) is 0 Å². The first-order valence-corrected chi connectivity index (χ1v) is 3.98. The van der Waals surface area contributed by atoms with E-state index in [9.17, 15) is 4.79 Å². The molecule has 0 amide bonds. The summed E-state index contributed by atoms with van der Waals surface area (Å²) in [5.74, 6) is 0.0972. The lowest BCUT2D eigenvalue weighted by Gasteiger charge is -2.16. The van der Waals surface area contributed by atoms with Gasteiger partial charge in [-0.25, -0.2) is 0 Å². The van der Waals surface area contributed by atoms with E-state index in [0.29, 0.717) is 6.61 Å². The van der Waals surface area contributed by atoms with Gasteiger partial charge in [-0.2, -0.15) is 0 Å². The van der Waals surface area contributed by atoms with Crippen molar-refractivity contribution in [1.29, 1.82) is 0 Å². The van der Waals surface area contributed by atoms with Gasteiger partial charge in [0.15, 0.2) is 5.78 Å². The van der Waals surface area contributed by atoms with Crippen molar-refractivity contribution >= 4 is 5.78 Å². The lowest BCUT2D eigenvalue weighted by atomic mass is 9.98. The van der Waals surface area contributed by atoms with Gasteiger partial charge in [0.25, 0.3) is 0 Å². The van der Waals surface area contributed by atoms with E-state index < -0.39 is 0 Å². The highest BCUT2D eigenvalue weighted by molar-refractivity contribution is 5.99. The van der Waals surface area contributed by atoms with Crippen molar-refractivity contribution in [3.8, 4) is 0 Å². The van der Waals surface area contributed by atoms with E-state index in [0.717, 1.165) is 16.7 Å². The van der Waals surface area contributed by atoms with E-state index >= 15 is 0 Å². The Morgan fingerprint density at radius 1 is 1.33 bits per heavy atom. The molecular weight excluding hydrogens is 152 g/mol. The van der Waals surface area contributed by atoms with Crippen molar-refractivity contribution in [3.05, 3.63) is 34.9 Å². The highest BCUT2D eigenvalue weighted by atomic mass is 16.5. The summed E-state index contributed by atoms with van der Waals surface area (Å²) < 4.78 is 5.14. The van der Waals surface area contributed by atoms with Crippen LogP contribution in [0.25, 0.3) is 0 Å². The van der Waals surface area contributed by atoms with Crippen molar-refractivity contribution in [2.45, 2.75) is 13.5 Å². The molecule has 0 aromatic heterocycles. The number of aryl methyl sites for hydroxylation is 1. The zero-order chi connectivity index (χ0) is 8.55. The minimum atomic E-state index is 0.0972. The molecule has 0 atom stereocenters. The van der Waals surface area contributed by atoms with Gasteiger partial charge in [0, 0.05) is 5.56 Å². The van der Waals surface area contributed by atoms with Crippen LogP contribution < -0.4 is 0 Å². The smallest absolute Gasteiger partial charge is 0.188 e. The molecule has 0 bridgehead atoms. The van der Waals surface area contributed by atoms with E-state index in [2.05, 4.69) is 0 Å². The minimum absolute atomic E-state index is 0.0972. The molecule has 2 rings (SSSR count). The van der Waals surface area contributed by atoms with Crippen LogP contribution in [0.5, 0.6) is 0 Å². The quantitative estimate of drug-likeness (QED) is 0.580. The number of ether oxygens (including phenoxy) is 1. The zero-order valence-electron chi connectivity index (χ0n) is 6.96. The molecule has 0 spiro atoms. The van der Waals surface area contributed by atoms with Crippen LogP contribution in [0.15, 0.2) is 18.2 Å². The third-order valence-electron chi connectivity index (χ3n) is 2.19. The maximum Gasteiger partial charge on any atom is 0.188 e. The molecule has 0 N–H and O–H groups in total. The average Bonchev–Trinajstić information content (AvgIpc) is 2.07. The second-order valence-corrected chi connectivity index (χ2v) is 3.02. The molecule has 1 aromatic carbocycles. The van der Waals surface area contributed by atoms with Gasteiger partial charge in [-0.05, 0) is 18.1 Å². The first-order valence-electron chi connectivity index (χ1n) is 3.98. The molecule has 2 heteroatoms. The average molecular weight is 162 g/mol. The Balaban J connectivity index is 2.59. The molecule has 1 aliphatic rings. The summed E-state index contributed by atoms with van der Waals surface area (Å²) in [5, 5.41) is 0. The van der Waals surface area contributed by atoms with Gasteiger partial charge in [-0.1, -0.05) is 18.2 Å². The minimum Gasteiger partial charge on any atom is -0.369 e. The Kier molecular flexibility index (Phi) is 1.70. The van der Waals surface area contributed by atoms with Gasteiger partial charge in [0.1, 0.15) is 6.61 Å². The van der Waals surface area contributed by atoms with Gasteiger partial charge in [0.2, 0.25) is 0 Å². The first kappa shape index (κ1) is 7.50. The fraction of sp³-hybridized carbons (Fsp3) is 0.300. The van der Waals surface area contributed by atoms with Crippen LogP contribution in [0.4, 0.5) is 0 Å². The topological polar surface area (TPSA) is 26.3 Å². The van der Waals surface area contributed by atoms with Crippen molar-refractivity contribution in [2.24, 2.45) is 0 Å². The predicted octanol–water partition coefficient (Wildman–Crippen LogP) is 1.71. The Labute approximate surface area is 71.2 Å². The van der Waals surface area contributed by atoms with Crippen molar-refractivity contribution < 1.29 is 9.53 Å². The molecule has 0 saturated carbocycles. The predicted molar refractivity (Wildman–Crippen MR) is 45.2 cm³/mol. The van der Waals surface area contributed by atoms with Gasteiger partial charge in [0.05, 0.1) is 6.61 Å². The number of carbonyl (C=O) groups is 1. The third-order valence-corrected chi connectivity index (χ3v) is 2.19. The molecule has 0 saturated heterocycles. The van der Waals surface area contributed by atoms with E-state index in [1.54, 1.807) is 0 Å². The molecule has 12 heavy (non-hydrogen) atoms. The molecule has 1 heterocycles. The van der Waals surface area contributed by atoms with E-state index in [-0.39, 0.29) is 12.4 Å². The Hall–Kier alpha value is -1.15. The van der Waals surface area contributed by atoms with Crippen LogP contribution in [-0.4, -0.2) is 12.4 Å². The molecule has 2 nitrogen and oxygen atoms in total. The fourth-order valence-corrected chi connectivity index (χ4v) is 1.48. The number of Topliss-reactive ketones (excluding diaryl/α,β-unsaturated/α-hetero) is 1. The van der Waals surface area contributed by atoms with Crippen LogP contribution in [0.1, 0.15) is 21.5 Å². The summed E-state index contributed by atoms with van der Waals surface area (Å²) in [7, 11) is 0. The summed E-state index contributed by atoms with van der Waals surface area (Å²) in [5.41, 5.74) is 3.02. The van der Waals surface area contributed by atoms with Crippen LogP contribution in [0, 0.1) is 6.92 Å². The Morgan fingerprint density at radius 2 is 2.17 bits per heavy atom. The number of rotatable bonds is 0. The molecule has 0 fully saturated rings. The van der Waals surface area contributed by atoms with Crippen molar-refractivity contribution in [3.63, 3.8) is 0 Å². The molecule has 62 valence electrons. The number of benzene rings is 1. The summed E-state index contributed by atoms with van der Waals surface area (Å²) in [6.07, 6.45) is 0. The van der Waals surface area contributed by atoms with Gasteiger partial charge in [-0.3, -0.25) is 4.79 Å². The highest BCUT2D eigenvalue weighted by Gasteiger charge is 2.17. The van der Waals surface area contributed by atoms with E-state index in [1.165, 1.54) is 0 Å². The molecular formula is C10H10O2. The first-order chi connectivity index (χ1) is 5.79. The van der Waals surface area contributed by atoms with E-state index in [4.69, 9.17) is 4.74 Å². The summed E-state index contributed by atoms with van der Waals surface area (Å²) in [6, 6.07) is 5.78. The van der Waals surface area contributed by atoms with Crippen LogP contribution >= 0.6 is 0 Å². The fourth-order valence-electron chi connectivity index (χ4n) is 1.48. The zero-order valence-corrected chi connectivity index (χ0v) is 6.96. The lowest BCUT2D eigenvalue weighted by Crippen LogP contribution is -2.18. The number of hydrogen-bond donors (Lipinski definition) is 0. The van der Waals surface area contributed by atoms with Crippen molar-refractivity contribution in [2.75, 3.05) is 6.61 Å². The molecule has 0 radical (unpaired) electrons. The molecule has 1 aliphatic heterocycles. The molecule has 1 aromatic rings. The SMILES string of the molecule is Cc1cccc2c1COCC2=O. The largest absolute Gasteiger partial charge is 0.369 e. The maximum absolute atomic E-state index is 11.3. The summed E-state index contributed by atoms with van der Waals surface area (Å²) in [6.45, 7) is 2.81. The maximum atomic E-state index is 11.3. The van der Waals surface area contributed by atoms with Crippen molar-refractivity contribution in [1.82, 2.24) is 0 Å². The highest BCUT2D eigenvalue weighted by Crippen LogP contribution is 2.19. The van der Waals surface area contributed by atoms with Crippen LogP contribution in [-0.2, 0) is 11.3 Å². The van der Waals surface area contributed by atoms with Gasteiger partial charge in [-0.15, -0.1) is 0 Å².